The zero-order valence-electron chi connectivity index (χ0n) is 55.3. The van der Waals surface area contributed by atoms with E-state index < -0.39 is 18.5 Å². The zero-order chi connectivity index (χ0) is 67.9. The number of hydrogen-bond donors (Lipinski definition) is 0. The molecule has 0 saturated carbocycles. The molecule has 0 atom stereocenters. The van der Waals surface area contributed by atoms with Gasteiger partial charge in [0.25, 0.3) is 0 Å². The van der Waals surface area contributed by atoms with Gasteiger partial charge >= 0.3 is 7.25 Å². The van der Waals surface area contributed by atoms with Gasteiger partial charge in [-0.1, -0.05) is 236 Å². The number of imidazole rings is 3. The molecule has 10 nitrogen and oxygen atoms in total. The summed E-state index contributed by atoms with van der Waals surface area (Å²) in [6, 6.07) is 106. The van der Waals surface area contributed by atoms with E-state index >= 15 is 0 Å². The van der Waals surface area contributed by atoms with Crippen LogP contribution in [0.4, 0.5) is 0 Å². The van der Waals surface area contributed by atoms with E-state index in [1.54, 1.807) is 0 Å². The third kappa shape index (κ3) is 12.1. The first-order chi connectivity index (χ1) is 48.9. The Labute approximate surface area is 590 Å². The molecule has 0 unspecified atom stereocenters. The number of nitrogens with zero attached hydrogens (tertiary/aromatic N) is 8. The van der Waals surface area contributed by atoms with Gasteiger partial charge in [0.05, 0.1) is 55.3 Å². The second-order valence-corrected chi connectivity index (χ2v) is 26.6. The van der Waals surface area contributed by atoms with Crippen molar-refractivity contribution in [3.05, 3.63) is 332 Å². The monoisotopic (exact) mass is 1330 g/mol. The van der Waals surface area contributed by atoms with Crippen molar-refractivity contribution in [3.63, 3.8) is 0 Å². The van der Waals surface area contributed by atoms with Gasteiger partial charge in [0.15, 0.2) is 0 Å². The van der Waals surface area contributed by atoms with Crippen molar-refractivity contribution >= 4 is 85.4 Å². The molecule has 6 heterocycles. The van der Waals surface area contributed by atoms with Gasteiger partial charge in [0.2, 0.25) is 0 Å². The van der Waals surface area contributed by atoms with Crippen molar-refractivity contribution in [2.24, 2.45) is 0 Å². The van der Waals surface area contributed by atoms with E-state index in [-0.39, 0.29) is 0 Å². The number of hydrogen-bond acceptors (Lipinski definition) is 7. The molecule has 1 fully saturated rings. The van der Waals surface area contributed by atoms with Crippen molar-refractivity contribution in [2.75, 3.05) is 0 Å². The molecule has 0 amide bonds. The summed E-state index contributed by atoms with van der Waals surface area (Å²) in [6.07, 6.45) is 3.71. The molecule has 482 valence electrons. The lowest BCUT2D eigenvalue weighted by atomic mass is 9.90. The molecule has 1 saturated heterocycles. The van der Waals surface area contributed by atoms with Crippen LogP contribution in [0.2, 0.25) is 10.0 Å². The Morgan fingerprint density at radius 2 is 0.620 bits per heavy atom. The van der Waals surface area contributed by atoms with Crippen LogP contribution in [0.25, 0.3) is 145 Å². The summed E-state index contributed by atoms with van der Waals surface area (Å²) in [7, 11) is -0.502. The van der Waals surface area contributed by atoms with Crippen molar-refractivity contribution in [1.82, 2.24) is 38.5 Å². The quantitative estimate of drug-likeness (QED) is 0.126. The van der Waals surface area contributed by atoms with Crippen LogP contribution < -0.4 is 0 Å². The minimum Gasteiger partial charge on any atom is -0.384 e. The highest BCUT2D eigenvalue weighted by molar-refractivity contribution is 6.46. The summed E-state index contributed by atoms with van der Waals surface area (Å²) in [4.78, 5) is 24.4. The third-order valence-electron chi connectivity index (χ3n) is 19.0. The highest BCUT2D eigenvalue weighted by Gasteiger charge is 2.53. The molecule has 0 aliphatic carbocycles. The molecule has 17 aromatic rings. The fourth-order valence-corrected chi connectivity index (χ4v) is 13.5. The molecule has 13 heteroatoms. The van der Waals surface area contributed by atoms with Crippen LogP contribution >= 0.6 is 23.2 Å². The van der Waals surface area contributed by atoms with Crippen LogP contribution in [0.3, 0.4) is 0 Å². The number of benzene rings is 12. The predicted octanol–water partition coefficient (Wildman–Crippen LogP) is 22.6. The van der Waals surface area contributed by atoms with Crippen molar-refractivity contribution in [1.29, 1.82) is 0 Å². The fraction of sp³-hybridized carbons (Fsp3) is 0.0690. The van der Waals surface area contributed by atoms with E-state index in [0.717, 1.165) is 155 Å². The van der Waals surface area contributed by atoms with Gasteiger partial charge in [0.1, 0.15) is 17.5 Å². The summed E-state index contributed by atoms with van der Waals surface area (Å²) in [5, 5.41) is 3.70. The Bertz CT molecular complexity index is 5510. The van der Waals surface area contributed by atoms with Crippen LogP contribution in [-0.4, -0.2) is 57.0 Å². The smallest absolute Gasteiger partial charge is 0.384 e. The van der Waals surface area contributed by atoms with E-state index in [1.165, 1.54) is 0 Å². The molecule has 100 heavy (non-hydrogen) atoms. The van der Waals surface area contributed by atoms with Gasteiger partial charge in [0, 0.05) is 72.4 Å². The number of halogens is 2. The van der Waals surface area contributed by atoms with Gasteiger partial charge in [-0.15, -0.1) is 0 Å². The summed E-state index contributed by atoms with van der Waals surface area (Å²) >= 11 is 12.0. The molecule has 0 spiro atoms. The van der Waals surface area contributed by atoms with Crippen LogP contribution in [-0.2, 0) is 9.31 Å². The second kappa shape index (κ2) is 26.7. The molecule has 0 N–H and O–H groups in total. The molecule has 1 aliphatic heterocycles. The van der Waals surface area contributed by atoms with Crippen molar-refractivity contribution in [2.45, 2.75) is 38.9 Å². The van der Waals surface area contributed by atoms with E-state index in [4.69, 9.17) is 52.4 Å². The highest BCUT2D eigenvalue weighted by Crippen LogP contribution is 2.42. The Morgan fingerprint density at radius 1 is 0.300 bits per heavy atom. The SMILES string of the molecule is CC1(C)OB(n2c(-c3ccccc3)nc3ccccc32)OC1(C)C.Clc1ccc(-c2ccc(-c3ccc(Cl)cc3)c3ncccc23)cc1.c1ccc(-c2nc3ccccc3n2-c2ccc(-c3ccc(-c4ccc(-n5c(-c6ccccc6)nc6ccccc65)cc4)c4ncccc34)cc2)cc1. The first-order valence-electron chi connectivity index (χ1n) is 33.3. The molecular formula is C87H65BCl2N8O2. The van der Waals surface area contributed by atoms with Gasteiger partial charge in [-0.25, -0.2) is 15.0 Å². The molecule has 18 rings (SSSR count). The Morgan fingerprint density at radius 3 is 1.03 bits per heavy atom. The lowest BCUT2D eigenvalue weighted by Crippen LogP contribution is -2.41. The average Bonchev–Trinajstić information content (AvgIpc) is 1.33. The maximum atomic E-state index is 6.28. The molecular weight excluding hydrogens is 1270 g/mol. The average molecular weight is 1340 g/mol. The number of para-hydroxylation sites is 6. The summed E-state index contributed by atoms with van der Waals surface area (Å²) in [5.41, 5.74) is 21.5. The normalized spacial score (nSPS) is 13.2. The van der Waals surface area contributed by atoms with Gasteiger partial charge in [-0.05, 0) is 158 Å². The Hall–Kier alpha value is -11.6. The zero-order valence-corrected chi connectivity index (χ0v) is 56.8. The van der Waals surface area contributed by atoms with Crippen LogP contribution in [0.5, 0.6) is 0 Å². The molecule has 5 aromatic heterocycles. The number of aromatic nitrogens is 8. The summed E-state index contributed by atoms with van der Waals surface area (Å²) < 4.78 is 19.1. The largest absolute Gasteiger partial charge is 0.600 e. The van der Waals surface area contributed by atoms with E-state index in [2.05, 4.69) is 234 Å². The minimum absolute atomic E-state index is 0.392. The Kier molecular flexibility index (Phi) is 16.9. The standard InChI is InChI=1S/C47H31N5.C21H13Cl2N.C19H21BN2O2/c1-3-12-34(13-4-1)46-49-41-17-7-9-19-43(41)51(46)36-25-21-32(22-26-36)38-29-30-39(45-40(38)16-11-31-48-45)33-23-27-37(28-24-33)52-44-20-10-8-18-42(44)50-47(52)35-14-5-2-6-15-35;22-16-7-3-14(4-8-16)18-11-12-19(15-5-9-17(23)10-6-15)21-20(18)2-1-13-24-21;1-18(2)19(3,4)24-20(23-18)22-16-13-9-8-12-15(16)21-17(22)14-10-6-5-7-11-14/h1-31H;1-13H;5-13H,1-4H3. The van der Waals surface area contributed by atoms with Crippen LogP contribution in [0.15, 0.2) is 322 Å². The van der Waals surface area contributed by atoms with Crippen molar-refractivity contribution in [3.8, 4) is 90.0 Å². The summed E-state index contributed by atoms with van der Waals surface area (Å²) in [6.45, 7) is 8.26. The topological polar surface area (TPSA) is 97.7 Å². The minimum atomic E-state index is -0.502. The van der Waals surface area contributed by atoms with E-state index in [9.17, 15) is 0 Å². The van der Waals surface area contributed by atoms with E-state index in [1.807, 2.05) is 134 Å². The highest BCUT2D eigenvalue weighted by atomic mass is 35.5. The van der Waals surface area contributed by atoms with Gasteiger partial charge in [-0.2, -0.15) is 0 Å². The Balaban J connectivity index is 0.000000134. The number of fused-ring (bicyclic) bond motifs is 5. The van der Waals surface area contributed by atoms with Crippen LogP contribution in [0, 0.1) is 0 Å². The molecule has 0 radical (unpaired) electrons. The van der Waals surface area contributed by atoms with Gasteiger partial charge < -0.3 is 13.8 Å². The maximum absolute atomic E-state index is 6.28. The maximum Gasteiger partial charge on any atom is 0.600 e. The second-order valence-electron chi connectivity index (χ2n) is 25.7. The lowest BCUT2D eigenvalue weighted by molar-refractivity contribution is 0.00578. The van der Waals surface area contributed by atoms with Crippen molar-refractivity contribution < 1.29 is 9.31 Å². The third-order valence-corrected chi connectivity index (χ3v) is 19.5. The molecule has 12 aromatic carbocycles. The van der Waals surface area contributed by atoms with Crippen LogP contribution in [0.1, 0.15) is 27.7 Å². The lowest BCUT2D eigenvalue weighted by Gasteiger charge is -2.32. The first-order valence-corrected chi connectivity index (χ1v) is 34.1. The number of rotatable bonds is 10. The summed E-state index contributed by atoms with van der Waals surface area (Å²) in [5.74, 6) is 2.71. The first kappa shape index (κ1) is 63.2. The van der Waals surface area contributed by atoms with Gasteiger partial charge in [-0.3, -0.25) is 19.1 Å². The molecule has 0 bridgehead atoms. The van der Waals surface area contributed by atoms with E-state index in [0.29, 0.717) is 0 Å². The molecule has 1 aliphatic rings. The predicted molar refractivity (Wildman–Crippen MR) is 412 cm³/mol. The number of pyridine rings is 2. The fourth-order valence-electron chi connectivity index (χ4n) is 13.3.